The first-order chi connectivity index (χ1) is 9.79. The molecule has 3 nitrogen and oxygen atoms in total. The van der Waals surface area contributed by atoms with E-state index in [1.807, 2.05) is 23.7 Å². The van der Waals surface area contributed by atoms with Crippen molar-refractivity contribution in [1.29, 1.82) is 0 Å². The van der Waals surface area contributed by atoms with Crippen LogP contribution in [0, 0.1) is 11.8 Å². The van der Waals surface area contributed by atoms with Crippen LogP contribution in [0.5, 0.6) is 0 Å². The molecule has 112 valence electrons. The van der Waals surface area contributed by atoms with Crippen LogP contribution in [-0.2, 0) is 0 Å². The molecule has 0 spiro atoms. The molecule has 0 radical (unpaired) electrons. The van der Waals surface area contributed by atoms with Gasteiger partial charge in [0.1, 0.15) is 0 Å². The number of nitrogens with zero attached hydrogens (tertiary/aromatic N) is 2. The smallest absolute Gasteiger partial charge is 0.163 e. The van der Waals surface area contributed by atoms with Crippen molar-refractivity contribution in [2.45, 2.75) is 19.3 Å². The minimum absolute atomic E-state index is 0. The van der Waals surface area contributed by atoms with Crippen LogP contribution in [-0.4, -0.2) is 35.3 Å². The number of carbonyl (C=O) groups excluding carboxylic acids is 1. The summed E-state index contributed by atoms with van der Waals surface area (Å²) in [6.45, 7) is 3.59. The van der Waals surface area contributed by atoms with E-state index in [1.54, 1.807) is 11.3 Å². The van der Waals surface area contributed by atoms with E-state index in [-0.39, 0.29) is 12.4 Å². The molecule has 3 aliphatic heterocycles. The molecule has 1 atom stereocenters. The van der Waals surface area contributed by atoms with Crippen molar-refractivity contribution in [2.24, 2.45) is 11.8 Å². The van der Waals surface area contributed by atoms with Gasteiger partial charge in [-0.15, -0.1) is 23.7 Å². The molecule has 4 heterocycles. The number of hydrogen-bond donors (Lipinski definition) is 0. The Morgan fingerprint density at radius 2 is 2.14 bits per heavy atom. The van der Waals surface area contributed by atoms with E-state index in [0.717, 1.165) is 28.2 Å². The average molecular weight is 323 g/mol. The molecule has 2 bridgehead atoms. The van der Waals surface area contributed by atoms with Crippen molar-refractivity contribution < 1.29 is 4.79 Å². The number of piperidine rings is 3. The zero-order chi connectivity index (χ0) is 13.5. The molecule has 21 heavy (non-hydrogen) atoms. The van der Waals surface area contributed by atoms with Crippen LogP contribution in [0.4, 0.5) is 0 Å². The molecular weight excluding hydrogens is 304 g/mol. The Morgan fingerprint density at radius 1 is 1.33 bits per heavy atom. The first-order valence-corrected chi connectivity index (χ1v) is 8.26. The van der Waals surface area contributed by atoms with E-state index in [1.165, 1.54) is 25.9 Å². The van der Waals surface area contributed by atoms with Crippen LogP contribution < -0.4 is 0 Å². The van der Waals surface area contributed by atoms with Crippen molar-refractivity contribution in [2.75, 3.05) is 19.6 Å². The number of benzene rings is 1. The normalized spacial score (nSPS) is 27.5. The molecule has 3 fully saturated rings. The highest BCUT2D eigenvalue weighted by Gasteiger charge is 2.35. The highest BCUT2D eigenvalue weighted by atomic mass is 35.5. The second kappa shape index (κ2) is 6.03. The van der Waals surface area contributed by atoms with Gasteiger partial charge in [0, 0.05) is 18.5 Å². The van der Waals surface area contributed by atoms with Gasteiger partial charge >= 0.3 is 0 Å². The fourth-order valence-electron chi connectivity index (χ4n) is 3.71. The summed E-state index contributed by atoms with van der Waals surface area (Å²) in [5, 5.41) is 0. The summed E-state index contributed by atoms with van der Waals surface area (Å²) in [5.41, 5.74) is 3.63. The lowest BCUT2D eigenvalue weighted by atomic mass is 9.76. The fraction of sp³-hybridized carbons (Fsp3) is 0.500. The number of thiazole rings is 1. The van der Waals surface area contributed by atoms with Crippen molar-refractivity contribution in [3.8, 4) is 0 Å². The molecule has 1 aromatic carbocycles. The number of rotatable bonds is 3. The van der Waals surface area contributed by atoms with Gasteiger partial charge in [-0.3, -0.25) is 4.79 Å². The number of hydrogen-bond acceptors (Lipinski definition) is 4. The molecule has 2 aromatic rings. The molecule has 0 unspecified atom stereocenters. The van der Waals surface area contributed by atoms with Crippen LogP contribution in [0.1, 0.15) is 29.6 Å². The van der Waals surface area contributed by atoms with Gasteiger partial charge in [0.25, 0.3) is 0 Å². The van der Waals surface area contributed by atoms with E-state index >= 15 is 0 Å². The second-order valence-corrected chi connectivity index (χ2v) is 6.95. The molecule has 3 saturated heterocycles. The molecule has 5 heteroatoms. The third-order valence-corrected chi connectivity index (χ3v) is 5.70. The summed E-state index contributed by atoms with van der Waals surface area (Å²) in [6.07, 6.45) is 3.27. The summed E-state index contributed by atoms with van der Waals surface area (Å²) in [6, 6.07) is 5.94. The average Bonchev–Trinajstić information content (AvgIpc) is 2.96. The quantitative estimate of drug-likeness (QED) is 0.809. The molecule has 0 amide bonds. The molecule has 1 aromatic heterocycles. The number of ketones is 1. The lowest BCUT2D eigenvalue weighted by molar-refractivity contribution is 0.0441. The maximum absolute atomic E-state index is 12.5. The fourth-order valence-corrected chi connectivity index (χ4v) is 4.36. The Labute approximate surface area is 134 Å². The van der Waals surface area contributed by atoms with Gasteiger partial charge in [-0.2, -0.15) is 0 Å². The van der Waals surface area contributed by atoms with Crippen LogP contribution in [0.15, 0.2) is 23.7 Å². The number of Topliss-reactive ketones (excluding diaryl/α,β-unsaturated/α-hetero) is 1. The van der Waals surface area contributed by atoms with E-state index in [0.29, 0.717) is 18.1 Å². The maximum atomic E-state index is 12.5. The van der Waals surface area contributed by atoms with Gasteiger partial charge in [-0.05, 0) is 56.0 Å². The van der Waals surface area contributed by atoms with Crippen molar-refractivity contribution >= 4 is 39.7 Å². The Hall–Kier alpha value is -0.970. The lowest BCUT2D eigenvalue weighted by Gasteiger charge is -2.44. The van der Waals surface area contributed by atoms with Crippen molar-refractivity contribution in [1.82, 2.24) is 9.88 Å². The summed E-state index contributed by atoms with van der Waals surface area (Å²) in [7, 11) is 0. The topological polar surface area (TPSA) is 33.2 Å². The van der Waals surface area contributed by atoms with Crippen LogP contribution in [0.3, 0.4) is 0 Å². The zero-order valence-electron chi connectivity index (χ0n) is 11.8. The van der Waals surface area contributed by atoms with Gasteiger partial charge in [-0.1, -0.05) is 0 Å². The molecule has 0 saturated carbocycles. The molecule has 3 aliphatic rings. The standard InChI is InChI=1S/C16H18N2OS.ClH/c19-15(8-13-9-18-5-3-11(13)4-6-18)12-1-2-16-14(7-12)17-10-20-16;/h1-2,7,10-11,13H,3-6,8-9H2;1H/t13-;/m0./s1. The Morgan fingerprint density at radius 3 is 2.86 bits per heavy atom. The predicted molar refractivity (Wildman–Crippen MR) is 88.5 cm³/mol. The number of carbonyl (C=O) groups is 1. The number of halogens is 1. The first-order valence-electron chi connectivity index (χ1n) is 7.38. The van der Waals surface area contributed by atoms with Crippen LogP contribution in [0.25, 0.3) is 10.2 Å². The van der Waals surface area contributed by atoms with Gasteiger partial charge < -0.3 is 4.90 Å². The molecule has 0 aliphatic carbocycles. The highest BCUT2D eigenvalue weighted by Crippen LogP contribution is 2.35. The Balaban J connectivity index is 0.00000132. The predicted octanol–water partition coefficient (Wildman–Crippen LogP) is 3.63. The van der Waals surface area contributed by atoms with Gasteiger partial charge in [0.15, 0.2) is 5.78 Å². The van der Waals surface area contributed by atoms with E-state index in [2.05, 4.69) is 9.88 Å². The first kappa shape index (κ1) is 14.9. The van der Waals surface area contributed by atoms with E-state index in [4.69, 9.17) is 0 Å². The SMILES string of the molecule is Cl.O=C(C[C@H]1CN2CCC1CC2)c1ccc2scnc2c1. The summed E-state index contributed by atoms with van der Waals surface area (Å²) in [4.78, 5) is 19.3. The minimum atomic E-state index is 0. The Bertz CT molecular complexity index is 649. The molecule has 0 N–H and O–H groups in total. The van der Waals surface area contributed by atoms with Crippen molar-refractivity contribution in [3.63, 3.8) is 0 Å². The lowest BCUT2D eigenvalue weighted by Crippen LogP contribution is -2.47. The molecular formula is C16H19ClN2OS. The molecule has 5 rings (SSSR count). The zero-order valence-corrected chi connectivity index (χ0v) is 13.5. The van der Waals surface area contributed by atoms with Gasteiger partial charge in [-0.25, -0.2) is 4.98 Å². The third-order valence-electron chi connectivity index (χ3n) is 4.89. The van der Waals surface area contributed by atoms with Gasteiger partial charge in [0.05, 0.1) is 15.7 Å². The largest absolute Gasteiger partial charge is 0.303 e. The van der Waals surface area contributed by atoms with E-state index < -0.39 is 0 Å². The van der Waals surface area contributed by atoms with E-state index in [9.17, 15) is 4.79 Å². The van der Waals surface area contributed by atoms with Crippen LogP contribution in [0.2, 0.25) is 0 Å². The highest BCUT2D eigenvalue weighted by molar-refractivity contribution is 7.16. The number of aromatic nitrogens is 1. The minimum Gasteiger partial charge on any atom is -0.303 e. The summed E-state index contributed by atoms with van der Waals surface area (Å²) in [5.74, 6) is 1.63. The summed E-state index contributed by atoms with van der Waals surface area (Å²) < 4.78 is 1.16. The monoisotopic (exact) mass is 322 g/mol. The van der Waals surface area contributed by atoms with Gasteiger partial charge in [0.2, 0.25) is 0 Å². The van der Waals surface area contributed by atoms with Crippen molar-refractivity contribution in [3.05, 3.63) is 29.3 Å². The summed E-state index contributed by atoms with van der Waals surface area (Å²) >= 11 is 1.62. The van der Waals surface area contributed by atoms with Crippen LogP contribution >= 0.6 is 23.7 Å². The Kier molecular flexibility index (Phi) is 4.29. The maximum Gasteiger partial charge on any atom is 0.163 e. The second-order valence-electron chi connectivity index (χ2n) is 6.06. The third kappa shape index (κ3) is 2.85. The number of fused-ring (bicyclic) bond motifs is 4.